The van der Waals surface area contributed by atoms with E-state index in [0.29, 0.717) is 15.0 Å². The number of nitrogens with zero attached hydrogens (tertiary/aromatic N) is 2. The molecule has 0 radical (unpaired) electrons. The molecule has 0 saturated carbocycles. The molecule has 0 unspecified atom stereocenters. The summed E-state index contributed by atoms with van der Waals surface area (Å²) in [6, 6.07) is 0. The molecule has 2 bridgehead atoms. The van der Waals surface area contributed by atoms with Crippen LogP contribution in [0.25, 0.3) is 0 Å². The molecule has 0 aromatic carbocycles. The van der Waals surface area contributed by atoms with Gasteiger partial charge in [-0.1, -0.05) is 0 Å². The van der Waals surface area contributed by atoms with Crippen LogP contribution in [0, 0.1) is 21.7 Å². The number of hydrogen-bond donors (Lipinski definition) is 0. The Morgan fingerprint density at radius 2 is 0.952 bits per heavy atom. The summed E-state index contributed by atoms with van der Waals surface area (Å²) in [5.41, 5.74) is 0.756. The van der Waals surface area contributed by atoms with E-state index in [2.05, 4.69) is 69.2 Å². The minimum absolute atomic E-state index is 0.00799. The Bertz CT molecular complexity index is 423. The SMILES string of the molecule is CC(C)(C)[C@]12N=N[C@](C(C)(C)C)([Se]1)C(C)(C)CCC2(C)C. The predicted octanol–water partition coefficient (Wildman–Crippen LogP) is 5.49. The second-order valence-corrected chi connectivity index (χ2v) is 13.3. The average Bonchev–Trinajstić information content (AvgIpc) is 2.66. The van der Waals surface area contributed by atoms with Gasteiger partial charge in [0, 0.05) is 0 Å². The van der Waals surface area contributed by atoms with Crippen molar-refractivity contribution in [3.05, 3.63) is 0 Å². The topological polar surface area (TPSA) is 24.7 Å². The van der Waals surface area contributed by atoms with E-state index in [1.54, 1.807) is 0 Å². The zero-order valence-electron chi connectivity index (χ0n) is 15.7. The van der Waals surface area contributed by atoms with Crippen molar-refractivity contribution in [2.75, 3.05) is 0 Å². The van der Waals surface area contributed by atoms with Crippen LogP contribution in [0.3, 0.4) is 0 Å². The molecular weight excluding hydrogens is 323 g/mol. The molecule has 3 heteroatoms. The molecular formula is C18H34N2Se. The van der Waals surface area contributed by atoms with Crippen LogP contribution in [-0.4, -0.2) is 23.8 Å². The van der Waals surface area contributed by atoms with E-state index in [1.165, 1.54) is 12.8 Å². The van der Waals surface area contributed by atoms with Gasteiger partial charge in [0.15, 0.2) is 0 Å². The van der Waals surface area contributed by atoms with Crippen molar-refractivity contribution in [3.8, 4) is 0 Å². The molecule has 2 atom stereocenters. The van der Waals surface area contributed by atoms with Crippen LogP contribution < -0.4 is 0 Å². The van der Waals surface area contributed by atoms with Crippen molar-refractivity contribution >= 4 is 15.0 Å². The first kappa shape index (κ1) is 17.5. The molecule has 1 fully saturated rings. The van der Waals surface area contributed by atoms with Gasteiger partial charge in [-0.2, -0.15) is 0 Å². The van der Waals surface area contributed by atoms with E-state index >= 15 is 0 Å². The Balaban J connectivity index is 2.71. The summed E-state index contributed by atoms with van der Waals surface area (Å²) in [5.74, 6) is 0. The average molecular weight is 357 g/mol. The molecule has 0 N–H and O–H groups in total. The Labute approximate surface area is 138 Å². The van der Waals surface area contributed by atoms with Crippen LogP contribution in [0.2, 0.25) is 0 Å². The Morgan fingerprint density at radius 1 is 0.667 bits per heavy atom. The first-order chi connectivity index (χ1) is 9.12. The second kappa shape index (κ2) is 4.35. The van der Waals surface area contributed by atoms with Crippen molar-refractivity contribution in [2.24, 2.45) is 31.9 Å². The van der Waals surface area contributed by atoms with Crippen LogP contribution in [0.5, 0.6) is 0 Å². The Morgan fingerprint density at radius 3 is 1.19 bits per heavy atom. The zero-order chi connectivity index (χ0) is 16.5. The van der Waals surface area contributed by atoms with Crippen LogP contribution in [0.15, 0.2) is 10.2 Å². The van der Waals surface area contributed by atoms with Crippen molar-refractivity contribution in [2.45, 2.75) is 91.0 Å². The molecule has 21 heavy (non-hydrogen) atoms. The second-order valence-electron chi connectivity index (χ2n) is 10.4. The molecule has 0 amide bonds. The Hall–Kier alpha value is 0.119. The van der Waals surface area contributed by atoms with Crippen molar-refractivity contribution < 1.29 is 0 Å². The van der Waals surface area contributed by atoms with Crippen molar-refractivity contribution in [1.82, 2.24) is 0 Å². The first-order valence-corrected chi connectivity index (χ1v) is 9.98. The van der Waals surface area contributed by atoms with Crippen LogP contribution in [0.4, 0.5) is 0 Å². The summed E-state index contributed by atoms with van der Waals surface area (Å²) >= 11 is 0.361. The normalized spacial score (nSPS) is 38.4. The quantitative estimate of drug-likeness (QED) is 0.512. The molecule has 2 aliphatic heterocycles. The van der Waals surface area contributed by atoms with E-state index in [1.807, 2.05) is 0 Å². The van der Waals surface area contributed by atoms with Crippen LogP contribution >= 0.6 is 0 Å². The van der Waals surface area contributed by atoms with Crippen LogP contribution in [-0.2, 0) is 0 Å². The molecule has 1 saturated heterocycles. The fraction of sp³-hybridized carbons (Fsp3) is 1.00. The summed E-state index contributed by atoms with van der Waals surface area (Å²) in [6.07, 6.45) is 2.49. The molecule has 0 aromatic rings. The molecule has 2 nitrogen and oxygen atoms in total. The van der Waals surface area contributed by atoms with E-state index in [4.69, 9.17) is 10.2 Å². The van der Waals surface area contributed by atoms with E-state index in [9.17, 15) is 0 Å². The fourth-order valence-corrected chi connectivity index (χ4v) is 8.65. The van der Waals surface area contributed by atoms with Crippen molar-refractivity contribution in [3.63, 3.8) is 0 Å². The van der Waals surface area contributed by atoms with E-state index in [-0.39, 0.29) is 30.5 Å². The van der Waals surface area contributed by atoms with Gasteiger partial charge < -0.3 is 0 Å². The summed E-state index contributed by atoms with van der Waals surface area (Å²) in [5, 5.41) is 10.2. The van der Waals surface area contributed by atoms with Crippen molar-refractivity contribution in [1.29, 1.82) is 0 Å². The van der Waals surface area contributed by atoms with E-state index < -0.39 is 0 Å². The number of hydrogen-bond acceptors (Lipinski definition) is 2. The van der Waals surface area contributed by atoms with Gasteiger partial charge in [0.05, 0.1) is 0 Å². The molecule has 122 valence electrons. The summed E-state index contributed by atoms with van der Waals surface area (Å²) < 4.78 is 0.0160. The number of rotatable bonds is 0. The third-order valence-corrected chi connectivity index (χ3v) is 12.3. The monoisotopic (exact) mass is 358 g/mol. The van der Waals surface area contributed by atoms with Crippen LogP contribution in [0.1, 0.15) is 82.1 Å². The number of fused-ring (bicyclic) bond motifs is 2. The maximum absolute atomic E-state index is 5.10. The van der Waals surface area contributed by atoms with Gasteiger partial charge in [-0.05, 0) is 0 Å². The molecule has 0 spiro atoms. The third kappa shape index (κ3) is 2.10. The third-order valence-electron chi connectivity index (χ3n) is 5.87. The standard InChI is InChI=1S/C18H34N2Se/c1-13(2,3)17-15(7,8)11-12-16(9,10)18(21-17,20-19-17)14(4,5)6/h11-12H2,1-10H3/t17-,18+. The van der Waals surface area contributed by atoms with E-state index in [0.717, 1.165) is 0 Å². The summed E-state index contributed by atoms with van der Waals surface area (Å²) in [4.78, 5) is 0. The van der Waals surface area contributed by atoms with Gasteiger partial charge >= 0.3 is 138 Å². The molecule has 2 aliphatic rings. The van der Waals surface area contributed by atoms with Gasteiger partial charge in [-0.25, -0.2) is 0 Å². The van der Waals surface area contributed by atoms with Gasteiger partial charge in [0.1, 0.15) is 0 Å². The summed E-state index contributed by atoms with van der Waals surface area (Å²) in [6.45, 7) is 23.9. The summed E-state index contributed by atoms with van der Waals surface area (Å²) in [7, 11) is 0. The molecule has 0 aliphatic carbocycles. The van der Waals surface area contributed by atoms with Gasteiger partial charge in [0.25, 0.3) is 0 Å². The Kier molecular flexibility index (Phi) is 3.62. The maximum atomic E-state index is 5.10. The van der Waals surface area contributed by atoms with Gasteiger partial charge in [0.2, 0.25) is 0 Å². The van der Waals surface area contributed by atoms with Gasteiger partial charge in [-0.15, -0.1) is 0 Å². The fourth-order valence-electron chi connectivity index (χ4n) is 4.54. The number of azo groups is 1. The minimum atomic E-state index is 0.00799. The predicted molar refractivity (Wildman–Crippen MR) is 91.8 cm³/mol. The first-order valence-electron chi connectivity index (χ1n) is 8.26. The molecule has 2 heterocycles. The van der Waals surface area contributed by atoms with Gasteiger partial charge in [-0.3, -0.25) is 0 Å². The zero-order valence-corrected chi connectivity index (χ0v) is 17.4. The molecule has 2 rings (SSSR count). The molecule has 0 aromatic heterocycles.